The SMILES string of the molecule is [2H][C@](Nc1cc(F)c2ncc(C#N)c(N[C@H](CC)c3ccccc3)c2c1)(C1=CN(C2CC2)NN1)c1ccc(F)nc1. The molecule has 10 heteroatoms. The summed E-state index contributed by atoms with van der Waals surface area (Å²) in [6, 6.07) is 16.1. The monoisotopic (exact) mass is 539 g/mol. The maximum Gasteiger partial charge on any atom is 0.212 e. The van der Waals surface area contributed by atoms with Crippen LogP contribution in [0.25, 0.3) is 10.9 Å². The molecule has 0 saturated heterocycles. The molecule has 0 spiro atoms. The van der Waals surface area contributed by atoms with Gasteiger partial charge < -0.3 is 16.1 Å². The van der Waals surface area contributed by atoms with E-state index < -0.39 is 17.8 Å². The first-order valence-electron chi connectivity index (χ1n) is 13.7. The number of anilines is 2. The Bertz CT molecular complexity index is 1650. The van der Waals surface area contributed by atoms with Gasteiger partial charge in [0.05, 0.1) is 30.4 Å². The van der Waals surface area contributed by atoms with Gasteiger partial charge in [0, 0.05) is 35.7 Å². The number of benzene rings is 2. The average Bonchev–Trinajstić information content (AvgIpc) is 3.72. The highest BCUT2D eigenvalue weighted by atomic mass is 19.1. The van der Waals surface area contributed by atoms with Crippen molar-refractivity contribution in [3.8, 4) is 6.07 Å². The van der Waals surface area contributed by atoms with Crippen molar-refractivity contribution >= 4 is 22.3 Å². The van der Waals surface area contributed by atoms with Crippen LogP contribution in [0, 0.1) is 23.1 Å². The van der Waals surface area contributed by atoms with E-state index in [1.54, 1.807) is 12.3 Å². The van der Waals surface area contributed by atoms with Crippen LogP contribution < -0.4 is 21.6 Å². The van der Waals surface area contributed by atoms with Crippen LogP contribution in [-0.2, 0) is 0 Å². The topological polar surface area (TPSA) is 101 Å². The van der Waals surface area contributed by atoms with Gasteiger partial charge in [-0.2, -0.15) is 9.65 Å². The Kier molecular flexibility index (Phi) is 6.55. The van der Waals surface area contributed by atoms with Crippen LogP contribution in [0.2, 0.25) is 0 Å². The van der Waals surface area contributed by atoms with Crippen molar-refractivity contribution < 1.29 is 10.2 Å². The molecule has 2 aromatic carbocycles. The minimum Gasteiger partial charge on any atom is -0.377 e. The van der Waals surface area contributed by atoms with Gasteiger partial charge in [-0.15, -0.1) is 5.53 Å². The third kappa shape index (κ3) is 5.11. The highest BCUT2D eigenvalue weighted by Gasteiger charge is 2.32. The predicted octanol–water partition coefficient (Wildman–Crippen LogP) is 5.82. The van der Waals surface area contributed by atoms with Gasteiger partial charge in [0.25, 0.3) is 0 Å². The molecule has 0 amide bonds. The molecule has 3 heterocycles. The third-order valence-corrected chi connectivity index (χ3v) is 7.06. The van der Waals surface area contributed by atoms with Crippen molar-refractivity contribution in [1.29, 1.82) is 5.26 Å². The molecule has 1 aliphatic carbocycles. The van der Waals surface area contributed by atoms with Gasteiger partial charge in [0.1, 0.15) is 11.6 Å². The summed E-state index contributed by atoms with van der Waals surface area (Å²) in [6.07, 6.45) is 7.20. The minimum absolute atomic E-state index is 0.0961. The normalized spacial score (nSPS) is 17.3. The van der Waals surface area contributed by atoms with Gasteiger partial charge in [-0.05, 0) is 48.6 Å². The number of fused-ring (bicyclic) bond motifs is 1. The Morgan fingerprint density at radius 3 is 2.62 bits per heavy atom. The minimum atomic E-state index is -1.69. The first-order valence-corrected chi connectivity index (χ1v) is 13.2. The zero-order valence-corrected chi connectivity index (χ0v) is 21.7. The number of nitriles is 1. The van der Waals surface area contributed by atoms with Crippen LogP contribution in [0.3, 0.4) is 0 Å². The highest BCUT2D eigenvalue weighted by Crippen LogP contribution is 2.36. The van der Waals surface area contributed by atoms with E-state index in [1.165, 1.54) is 30.6 Å². The number of hydrazine groups is 2. The molecule has 1 aliphatic heterocycles. The van der Waals surface area contributed by atoms with Gasteiger partial charge in [-0.25, -0.2) is 9.37 Å². The molecular weight excluding hydrogens is 510 g/mol. The van der Waals surface area contributed by atoms with E-state index in [4.69, 9.17) is 0 Å². The number of halogens is 2. The number of hydrogen-bond acceptors (Lipinski definition) is 8. The summed E-state index contributed by atoms with van der Waals surface area (Å²) in [4.78, 5) is 7.99. The van der Waals surface area contributed by atoms with Gasteiger partial charge >= 0.3 is 0 Å². The van der Waals surface area contributed by atoms with E-state index in [1.807, 2.05) is 42.3 Å². The van der Waals surface area contributed by atoms with Crippen LogP contribution in [0.15, 0.2) is 78.9 Å². The quantitative estimate of drug-likeness (QED) is 0.197. The second kappa shape index (κ2) is 10.8. The van der Waals surface area contributed by atoms with Crippen LogP contribution in [-0.4, -0.2) is 21.0 Å². The number of rotatable bonds is 9. The van der Waals surface area contributed by atoms with Gasteiger partial charge in [-0.1, -0.05) is 43.3 Å². The smallest absolute Gasteiger partial charge is 0.212 e. The fraction of sp³-hybridized carbons (Fsp3) is 0.233. The molecule has 0 bridgehead atoms. The first-order chi connectivity index (χ1) is 19.9. The Morgan fingerprint density at radius 2 is 1.93 bits per heavy atom. The lowest BCUT2D eigenvalue weighted by atomic mass is 10.0. The first kappa shape index (κ1) is 24.3. The molecule has 4 N–H and O–H groups in total. The van der Waals surface area contributed by atoms with Crippen LogP contribution in [0.1, 0.15) is 56.3 Å². The molecule has 2 atom stereocenters. The van der Waals surface area contributed by atoms with E-state index in [0.717, 1.165) is 24.8 Å². The Balaban J connectivity index is 1.44. The lowest BCUT2D eigenvalue weighted by Gasteiger charge is -2.23. The fourth-order valence-corrected chi connectivity index (χ4v) is 4.82. The van der Waals surface area contributed by atoms with Crippen molar-refractivity contribution in [2.45, 2.75) is 44.3 Å². The number of hydrogen-bond donors (Lipinski definition) is 4. The van der Waals surface area contributed by atoms with Crippen molar-refractivity contribution in [1.82, 2.24) is 25.9 Å². The molecule has 2 aliphatic rings. The molecule has 1 fully saturated rings. The van der Waals surface area contributed by atoms with Crippen LogP contribution in [0.5, 0.6) is 0 Å². The summed E-state index contributed by atoms with van der Waals surface area (Å²) < 4.78 is 38.8. The molecule has 202 valence electrons. The van der Waals surface area contributed by atoms with E-state index in [2.05, 4.69) is 37.6 Å². The summed E-state index contributed by atoms with van der Waals surface area (Å²) in [5.41, 5.74) is 8.99. The van der Waals surface area contributed by atoms with Crippen molar-refractivity contribution in [3.05, 3.63) is 107 Å². The molecule has 1 saturated carbocycles. The average molecular weight is 540 g/mol. The highest BCUT2D eigenvalue weighted by molar-refractivity contribution is 5.96. The summed E-state index contributed by atoms with van der Waals surface area (Å²) >= 11 is 0. The molecule has 8 nitrogen and oxygen atoms in total. The molecule has 40 heavy (non-hydrogen) atoms. The molecule has 0 unspecified atom stereocenters. The van der Waals surface area contributed by atoms with Crippen molar-refractivity contribution in [2.24, 2.45) is 0 Å². The fourth-order valence-electron chi connectivity index (χ4n) is 4.82. The number of nitrogens with one attached hydrogen (secondary N) is 4. The van der Waals surface area contributed by atoms with E-state index in [9.17, 15) is 11.0 Å². The number of nitrogens with zero attached hydrogens (tertiary/aromatic N) is 4. The van der Waals surface area contributed by atoms with Gasteiger partial charge in [-0.3, -0.25) is 9.99 Å². The molecular formula is C30H28F2N8. The lowest BCUT2D eigenvalue weighted by Crippen LogP contribution is -2.38. The summed E-state index contributed by atoms with van der Waals surface area (Å²) in [5.74, 6) is -1.29. The van der Waals surface area contributed by atoms with Crippen molar-refractivity contribution in [2.75, 3.05) is 10.6 Å². The van der Waals surface area contributed by atoms with E-state index in [-0.39, 0.29) is 22.8 Å². The van der Waals surface area contributed by atoms with Gasteiger partial charge in [0.15, 0.2) is 5.82 Å². The Morgan fingerprint density at radius 1 is 1.10 bits per heavy atom. The largest absolute Gasteiger partial charge is 0.377 e. The Labute approximate surface area is 232 Å². The van der Waals surface area contributed by atoms with E-state index in [0.29, 0.717) is 28.4 Å². The van der Waals surface area contributed by atoms with Crippen LogP contribution >= 0.6 is 0 Å². The lowest BCUT2D eigenvalue weighted by molar-refractivity contribution is 0.260. The zero-order chi connectivity index (χ0) is 28.6. The molecule has 6 rings (SSSR count). The number of aromatic nitrogens is 2. The predicted molar refractivity (Wildman–Crippen MR) is 149 cm³/mol. The summed E-state index contributed by atoms with van der Waals surface area (Å²) in [6.45, 7) is 2.03. The molecule has 0 radical (unpaired) electrons. The van der Waals surface area contributed by atoms with Crippen molar-refractivity contribution in [3.63, 3.8) is 0 Å². The molecule has 2 aromatic heterocycles. The summed E-state index contributed by atoms with van der Waals surface area (Å²) in [5, 5.41) is 18.8. The molecule has 4 aromatic rings. The second-order valence-electron chi connectivity index (χ2n) is 9.82. The van der Waals surface area contributed by atoms with Crippen LogP contribution in [0.4, 0.5) is 20.2 Å². The maximum atomic E-state index is 15.6. The number of pyridine rings is 2. The zero-order valence-electron chi connectivity index (χ0n) is 22.7. The summed E-state index contributed by atoms with van der Waals surface area (Å²) in [7, 11) is 0. The standard InChI is InChI=1S/C30H28F2N8/c1-2-25(18-6-4-3-5-7-18)37-28-20(14-33)16-35-30-23(28)12-21(13-24(30)31)36-29(19-8-11-27(32)34-15-19)26-17-40(39-38-26)22-9-10-22/h3-8,11-13,15-17,22,25,29,36,38-39H,2,9-10H2,1H3,(H,35,37)/t25-,29-/m1/s1/i29D. The van der Waals surface area contributed by atoms with E-state index >= 15 is 4.39 Å². The van der Waals surface area contributed by atoms with Gasteiger partial charge in [0.2, 0.25) is 5.95 Å². The second-order valence-corrected chi connectivity index (χ2v) is 9.82. The Hall–Kier alpha value is -4.75. The third-order valence-electron chi connectivity index (χ3n) is 7.06. The maximum absolute atomic E-state index is 15.6.